The van der Waals surface area contributed by atoms with E-state index in [0.717, 1.165) is 0 Å². The minimum absolute atomic E-state index is 0.0457. The van der Waals surface area contributed by atoms with Crippen molar-refractivity contribution in [3.05, 3.63) is 11.7 Å². The van der Waals surface area contributed by atoms with Crippen LogP contribution in [0, 0.1) is 18.8 Å². The third kappa shape index (κ3) is 3.01. The number of carbonyl (C=O) groups excluding carboxylic acids is 1. The van der Waals surface area contributed by atoms with Crippen LogP contribution in [-0.2, 0) is 11.3 Å². The van der Waals surface area contributed by atoms with Crippen LogP contribution in [0.3, 0.4) is 0 Å². The topological polar surface area (TPSA) is 109 Å². The van der Waals surface area contributed by atoms with Crippen LogP contribution in [0.4, 0.5) is 4.79 Å². The monoisotopic (exact) mass is 268 g/mol. The van der Waals surface area contributed by atoms with E-state index in [1.165, 1.54) is 4.90 Å². The van der Waals surface area contributed by atoms with Gasteiger partial charge in [-0.1, -0.05) is 12.1 Å². The van der Waals surface area contributed by atoms with E-state index in [1.54, 1.807) is 6.92 Å². The molecule has 0 spiro atoms. The smallest absolute Gasteiger partial charge is 0.317 e. The molecule has 19 heavy (non-hydrogen) atoms. The molecule has 0 saturated carbocycles. The van der Waals surface area contributed by atoms with Gasteiger partial charge < -0.3 is 19.8 Å². The third-order valence-electron chi connectivity index (χ3n) is 3.18. The Bertz CT molecular complexity index is 487. The molecule has 1 fully saturated rings. The van der Waals surface area contributed by atoms with Gasteiger partial charge in [-0.05, 0) is 5.92 Å². The van der Waals surface area contributed by atoms with E-state index in [-0.39, 0.29) is 25.0 Å². The lowest BCUT2D eigenvalue weighted by atomic mass is 9.99. The maximum atomic E-state index is 11.9. The Morgan fingerprint density at radius 2 is 2.26 bits per heavy atom. The Balaban J connectivity index is 1.86. The normalized spacial score (nSPS) is 22.5. The van der Waals surface area contributed by atoms with Gasteiger partial charge >= 0.3 is 12.0 Å². The zero-order valence-corrected chi connectivity index (χ0v) is 10.8. The lowest BCUT2D eigenvalue weighted by Crippen LogP contribution is -2.38. The molecule has 1 saturated heterocycles. The predicted molar refractivity (Wildman–Crippen MR) is 63.1 cm³/mol. The fourth-order valence-electron chi connectivity index (χ4n) is 2.13. The van der Waals surface area contributed by atoms with Gasteiger partial charge in [-0.3, -0.25) is 4.79 Å². The number of urea groups is 1. The van der Waals surface area contributed by atoms with Crippen LogP contribution < -0.4 is 5.32 Å². The first-order chi connectivity index (χ1) is 8.97. The number of aliphatic carboxylic acids is 1. The zero-order valence-electron chi connectivity index (χ0n) is 10.8. The second-order valence-corrected chi connectivity index (χ2v) is 4.72. The second-order valence-electron chi connectivity index (χ2n) is 4.72. The van der Waals surface area contributed by atoms with Gasteiger partial charge in [-0.2, -0.15) is 4.98 Å². The van der Waals surface area contributed by atoms with Crippen molar-refractivity contribution >= 4 is 12.0 Å². The van der Waals surface area contributed by atoms with Crippen molar-refractivity contribution in [1.29, 1.82) is 0 Å². The van der Waals surface area contributed by atoms with Crippen molar-refractivity contribution in [1.82, 2.24) is 20.4 Å². The molecule has 2 rings (SSSR count). The van der Waals surface area contributed by atoms with Gasteiger partial charge in [0.1, 0.15) is 0 Å². The summed E-state index contributed by atoms with van der Waals surface area (Å²) in [6, 6.07) is -0.307. The van der Waals surface area contributed by atoms with Crippen molar-refractivity contribution in [2.24, 2.45) is 11.8 Å². The molecular weight excluding hydrogens is 252 g/mol. The van der Waals surface area contributed by atoms with Crippen LogP contribution in [0.15, 0.2) is 4.52 Å². The molecule has 104 valence electrons. The number of hydrogen-bond donors (Lipinski definition) is 2. The van der Waals surface area contributed by atoms with E-state index < -0.39 is 11.9 Å². The summed E-state index contributed by atoms with van der Waals surface area (Å²) in [5.74, 6) is -0.580. The quantitative estimate of drug-likeness (QED) is 0.812. The summed E-state index contributed by atoms with van der Waals surface area (Å²) < 4.78 is 4.78. The first kappa shape index (κ1) is 13.3. The van der Waals surface area contributed by atoms with Gasteiger partial charge in [-0.15, -0.1) is 0 Å². The number of aromatic nitrogens is 2. The maximum Gasteiger partial charge on any atom is 0.317 e. The molecule has 0 bridgehead atoms. The highest BCUT2D eigenvalue weighted by atomic mass is 16.5. The SMILES string of the molecule is Cc1nc(CNC(=O)N2CC(C)C(C(=O)O)C2)no1. The molecular formula is C11H16N4O4. The van der Waals surface area contributed by atoms with Gasteiger partial charge in [0.15, 0.2) is 5.82 Å². The van der Waals surface area contributed by atoms with Crippen LogP contribution >= 0.6 is 0 Å². The van der Waals surface area contributed by atoms with E-state index in [0.29, 0.717) is 18.3 Å². The Hall–Kier alpha value is -2.12. The van der Waals surface area contributed by atoms with Gasteiger partial charge in [0.05, 0.1) is 12.5 Å². The zero-order chi connectivity index (χ0) is 14.0. The summed E-state index contributed by atoms with van der Waals surface area (Å²) >= 11 is 0. The summed E-state index contributed by atoms with van der Waals surface area (Å²) in [4.78, 5) is 28.3. The minimum atomic E-state index is -0.864. The van der Waals surface area contributed by atoms with Crippen molar-refractivity contribution in [2.75, 3.05) is 13.1 Å². The van der Waals surface area contributed by atoms with Crippen LogP contribution in [-0.4, -0.2) is 45.2 Å². The van der Waals surface area contributed by atoms with E-state index in [9.17, 15) is 9.59 Å². The van der Waals surface area contributed by atoms with Crippen molar-refractivity contribution in [3.63, 3.8) is 0 Å². The lowest BCUT2D eigenvalue weighted by Gasteiger charge is -2.15. The Labute approximate surface area is 109 Å². The molecule has 1 aromatic rings. The molecule has 1 aromatic heterocycles. The van der Waals surface area contributed by atoms with Crippen molar-refractivity contribution < 1.29 is 19.2 Å². The highest BCUT2D eigenvalue weighted by molar-refractivity contribution is 5.77. The molecule has 2 N–H and O–H groups in total. The van der Waals surface area contributed by atoms with E-state index in [2.05, 4.69) is 15.5 Å². The molecule has 0 aromatic carbocycles. The second kappa shape index (κ2) is 5.25. The Morgan fingerprint density at radius 3 is 2.79 bits per heavy atom. The maximum absolute atomic E-state index is 11.9. The van der Waals surface area contributed by atoms with Gasteiger partial charge in [-0.25, -0.2) is 4.79 Å². The van der Waals surface area contributed by atoms with Gasteiger partial charge in [0.25, 0.3) is 0 Å². The molecule has 1 aliphatic rings. The predicted octanol–water partition coefficient (Wildman–Crippen LogP) is 0.240. The molecule has 8 nitrogen and oxygen atoms in total. The average molecular weight is 268 g/mol. The summed E-state index contributed by atoms with van der Waals surface area (Å²) in [7, 11) is 0. The first-order valence-electron chi connectivity index (χ1n) is 6.02. The number of carbonyl (C=O) groups is 2. The molecule has 2 atom stereocenters. The summed E-state index contributed by atoms with van der Waals surface area (Å²) in [5.41, 5.74) is 0. The van der Waals surface area contributed by atoms with E-state index >= 15 is 0 Å². The van der Waals surface area contributed by atoms with E-state index in [4.69, 9.17) is 9.63 Å². The first-order valence-corrected chi connectivity index (χ1v) is 6.02. The largest absolute Gasteiger partial charge is 0.481 e. The number of nitrogens with zero attached hydrogens (tertiary/aromatic N) is 3. The highest BCUT2D eigenvalue weighted by Gasteiger charge is 2.36. The molecule has 8 heteroatoms. The van der Waals surface area contributed by atoms with Crippen LogP contribution in [0.25, 0.3) is 0 Å². The standard InChI is InChI=1S/C11H16N4O4/c1-6-4-15(5-8(6)10(16)17)11(18)12-3-9-13-7(2)19-14-9/h6,8H,3-5H2,1-2H3,(H,12,18)(H,16,17). The highest BCUT2D eigenvalue weighted by Crippen LogP contribution is 2.22. The van der Waals surface area contributed by atoms with Gasteiger partial charge in [0, 0.05) is 20.0 Å². The van der Waals surface area contributed by atoms with Crippen molar-refractivity contribution in [2.45, 2.75) is 20.4 Å². The lowest BCUT2D eigenvalue weighted by molar-refractivity contribution is -0.142. The summed E-state index contributed by atoms with van der Waals surface area (Å²) in [5, 5.41) is 15.3. The van der Waals surface area contributed by atoms with Crippen LogP contribution in [0.2, 0.25) is 0 Å². The molecule has 0 radical (unpaired) electrons. The number of likely N-dealkylation sites (tertiary alicyclic amines) is 1. The number of amides is 2. The number of aryl methyl sites for hydroxylation is 1. The molecule has 2 amide bonds. The minimum Gasteiger partial charge on any atom is -0.481 e. The number of hydrogen-bond acceptors (Lipinski definition) is 5. The fourth-order valence-corrected chi connectivity index (χ4v) is 2.13. The molecule has 0 aliphatic carbocycles. The number of carboxylic acid groups (broad SMARTS) is 1. The molecule has 2 heterocycles. The average Bonchev–Trinajstić information content (AvgIpc) is 2.92. The van der Waals surface area contributed by atoms with E-state index in [1.807, 2.05) is 6.92 Å². The van der Waals surface area contributed by atoms with Crippen LogP contribution in [0.5, 0.6) is 0 Å². The summed E-state index contributed by atoms with van der Waals surface area (Å²) in [6.45, 7) is 4.33. The summed E-state index contributed by atoms with van der Waals surface area (Å²) in [6.07, 6.45) is 0. The number of carboxylic acids is 1. The molecule has 1 aliphatic heterocycles. The Kier molecular flexibility index (Phi) is 3.68. The number of nitrogens with one attached hydrogen (secondary N) is 1. The molecule has 2 unspecified atom stereocenters. The Morgan fingerprint density at radius 1 is 1.53 bits per heavy atom. The third-order valence-corrected chi connectivity index (χ3v) is 3.18. The van der Waals surface area contributed by atoms with Crippen LogP contribution in [0.1, 0.15) is 18.6 Å². The van der Waals surface area contributed by atoms with Gasteiger partial charge in [0.2, 0.25) is 5.89 Å². The van der Waals surface area contributed by atoms with Crippen molar-refractivity contribution in [3.8, 4) is 0 Å². The number of rotatable bonds is 3. The fraction of sp³-hybridized carbons (Fsp3) is 0.636.